The van der Waals surface area contributed by atoms with Crippen molar-refractivity contribution in [2.75, 3.05) is 0 Å². The molecule has 0 radical (unpaired) electrons. The number of hydrogen-bond donors (Lipinski definition) is 0. The number of rotatable bonds is 8. The van der Waals surface area contributed by atoms with E-state index in [1.807, 2.05) is 0 Å². The quantitative estimate of drug-likeness (QED) is 0.417. The van der Waals surface area contributed by atoms with Crippen molar-refractivity contribution >= 4 is 24.5 Å². The molecular formula is C19H16O6. The number of para-hydroxylation sites is 2. The van der Waals surface area contributed by atoms with Crippen LogP contribution in [-0.2, 0) is 9.59 Å². The van der Waals surface area contributed by atoms with Crippen LogP contribution in [0.25, 0.3) is 0 Å². The smallest absolute Gasteiger partial charge is 0.311 e. The fraction of sp³-hybridized carbons (Fsp3) is 0.158. The van der Waals surface area contributed by atoms with Crippen LogP contribution in [0.2, 0.25) is 0 Å². The summed E-state index contributed by atoms with van der Waals surface area (Å²) < 4.78 is 10.2. The fourth-order valence-corrected chi connectivity index (χ4v) is 2.07. The molecule has 0 saturated carbocycles. The van der Waals surface area contributed by atoms with E-state index in [2.05, 4.69) is 0 Å². The molecule has 0 bridgehead atoms. The molecule has 6 nitrogen and oxygen atoms in total. The lowest BCUT2D eigenvalue weighted by atomic mass is 10.2. The summed E-state index contributed by atoms with van der Waals surface area (Å²) in [6.45, 7) is 0. The molecule has 6 heteroatoms. The molecule has 0 amide bonds. The van der Waals surface area contributed by atoms with Gasteiger partial charge in [0, 0.05) is 12.8 Å². The first-order valence-electron chi connectivity index (χ1n) is 7.64. The zero-order valence-corrected chi connectivity index (χ0v) is 13.3. The lowest BCUT2D eigenvalue weighted by Crippen LogP contribution is -2.12. The average molecular weight is 340 g/mol. The van der Waals surface area contributed by atoms with Crippen molar-refractivity contribution < 1.29 is 28.7 Å². The molecule has 128 valence electrons. The number of carbonyl (C=O) groups is 4. The minimum atomic E-state index is -0.546. The van der Waals surface area contributed by atoms with Gasteiger partial charge in [-0.1, -0.05) is 24.3 Å². The Morgan fingerprint density at radius 3 is 1.52 bits per heavy atom. The molecular weight excluding hydrogens is 324 g/mol. The van der Waals surface area contributed by atoms with Crippen LogP contribution in [0.3, 0.4) is 0 Å². The monoisotopic (exact) mass is 340 g/mol. The van der Waals surface area contributed by atoms with Gasteiger partial charge in [-0.05, 0) is 30.7 Å². The van der Waals surface area contributed by atoms with Crippen molar-refractivity contribution in [3.63, 3.8) is 0 Å². The normalized spacial score (nSPS) is 9.92. The average Bonchev–Trinajstić information content (AvgIpc) is 2.62. The Balaban J connectivity index is 1.80. The summed E-state index contributed by atoms with van der Waals surface area (Å²) in [7, 11) is 0. The second-order valence-electron chi connectivity index (χ2n) is 5.11. The van der Waals surface area contributed by atoms with E-state index in [4.69, 9.17) is 9.47 Å². The molecule has 0 N–H and O–H groups in total. The minimum Gasteiger partial charge on any atom is -0.426 e. The third kappa shape index (κ3) is 5.39. The standard InChI is InChI=1S/C19H16O6/c20-12-14-6-1-3-8-16(14)24-18(22)10-5-11-19(23)25-17-9-4-2-7-15(17)13-21/h1-4,6-9,12-13H,5,10-11H2. The lowest BCUT2D eigenvalue weighted by molar-refractivity contribution is -0.136. The molecule has 0 heterocycles. The zero-order valence-electron chi connectivity index (χ0n) is 13.3. The highest BCUT2D eigenvalue weighted by atomic mass is 16.5. The molecule has 0 aliphatic carbocycles. The largest absolute Gasteiger partial charge is 0.426 e. The summed E-state index contributed by atoms with van der Waals surface area (Å²) in [6.07, 6.45) is 1.42. The molecule has 25 heavy (non-hydrogen) atoms. The Morgan fingerprint density at radius 1 is 0.720 bits per heavy atom. The second-order valence-corrected chi connectivity index (χ2v) is 5.11. The maximum Gasteiger partial charge on any atom is 0.311 e. The van der Waals surface area contributed by atoms with Crippen LogP contribution in [0.4, 0.5) is 0 Å². The molecule has 2 aromatic carbocycles. The van der Waals surface area contributed by atoms with Crippen molar-refractivity contribution in [2.24, 2.45) is 0 Å². The Hall–Kier alpha value is -3.28. The Labute approximate surface area is 144 Å². The van der Waals surface area contributed by atoms with Gasteiger partial charge in [0.25, 0.3) is 0 Å². The third-order valence-electron chi connectivity index (χ3n) is 3.30. The van der Waals surface area contributed by atoms with Gasteiger partial charge < -0.3 is 9.47 Å². The van der Waals surface area contributed by atoms with Crippen molar-refractivity contribution in [1.29, 1.82) is 0 Å². The van der Waals surface area contributed by atoms with Crippen molar-refractivity contribution in [3.8, 4) is 11.5 Å². The summed E-state index contributed by atoms with van der Waals surface area (Å²) >= 11 is 0. The van der Waals surface area contributed by atoms with Gasteiger partial charge in [0.05, 0.1) is 11.1 Å². The predicted octanol–water partition coefficient (Wildman–Crippen LogP) is 2.99. The van der Waals surface area contributed by atoms with Gasteiger partial charge in [-0.25, -0.2) is 0 Å². The van der Waals surface area contributed by atoms with E-state index in [9.17, 15) is 19.2 Å². The highest BCUT2D eigenvalue weighted by molar-refractivity contribution is 5.83. The van der Waals surface area contributed by atoms with Gasteiger partial charge in [-0.3, -0.25) is 19.2 Å². The minimum absolute atomic E-state index is 0.00236. The summed E-state index contributed by atoms with van der Waals surface area (Å²) in [6, 6.07) is 12.7. The number of esters is 2. The van der Waals surface area contributed by atoms with Crippen molar-refractivity contribution in [3.05, 3.63) is 59.7 Å². The Kier molecular flexibility index (Phi) is 6.59. The van der Waals surface area contributed by atoms with E-state index < -0.39 is 11.9 Å². The van der Waals surface area contributed by atoms with Crippen LogP contribution in [-0.4, -0.2) is 24.5 Å². The van der Waals surface area contributed by atoms with Gasteiger partial charge in [0.2, 0.25) is 0 Å². The molecule has 0 atom stereocenters. The SMILES string of the molecule is O=Cc1ccccc1OC(=O)CCCC(=O)Oc1ccccc1C=O. The first-order valence-corrected chi connectivity index (χ1v) is 7.64. The van der Waals surface area contributed by atoms with E-state index in [1.165, 1.54) is 24.3 Å². The highest BCUT2D eigenvalue weighted by Gasteiger charge is 2.12. The van der Waals surface area contributed by atoms with Gasteiger partial charge >= 0.3 is 11.9 Å². The van der Waals surface area contributed by atoms with Crippen LogP contribution >= 0.6 is 0 Å². The van der Waals surface area contributed by atoms with Crippen LogP contribution in [0.15, 0.2) is 48.5 Å². The topological polar surface area (TPSA) is 86.7 Å². The molecule has 0 fully saturated rings. The van der Waals surface area contributed by atoms with E-state index in [0.29, 0.717) is 12.6 Å². The second kappa shape index (κ2) is 9.12. The molecule has 2 aromatic rings. The maximum absolute atomic E-state index is 11.8. The predicted molar refractivity (Wildman–Crippen MR) is 88.8 cm³/mol. The summed E-state index contributed by atoms with van der Waals surface area (Å²) in [5.74, 6) is -0.722. The summed E-state index contributed by atoms with van der Waals surface area (Å²) in [5.41, 5.74) is 0.557. The number of benzene rings is 2. The summed E-state index contributed by atoms with van der Waals surface area (Å²) in [4.78, 5) is 45.3. The van der Waals surface area contributed by atoms with E-state index in [0.717, 1.165) is 0 Å². The van der Waals surface area contributed by atoms with E-state index in [-0.39, 0.29) is 41.9 Å². The van der Waals surface area contributed by atoms with Crippen molar-refractivity contribution in [2.45, 2.75) is 19.3 Å². The first kappa shape index (κ1) is 18.1. The van der Waals surface area contributed by atoms with Gasteiger partial charge in [0.15, 0.2) is 12.6 Å². The number of carbonyl (C=O) groups excluding carboxylic acids is 4. The maximum atomic E-state index is 11.8. The van der Waals surface area contributed by atoms with Crippen molar-refractivity contribution in [1.82, 2.24) is 0 Å². The van der Waals surface area contributed by atoms with Crippen LogP contribution in [0, 0.1) is 0 Å². The molecule has 0 aromatic heterocycles. The van der Waals surface area contributed by atoms with Gasteiger partial charge in [0.1, 0.15) is 11.5 Å². The summed E-state index contributed by atoms with van der Waals surface area (Å²) in [5, 5.41) is 0. The third-order valence-corrected chi connectivity index (χ3v) is 3.30. The molecule has 2 rings (SSSR count). The van der Waals surface area contributed by atoms with Crippen LogP contribution < -0.4 is 9.47 Å². The number of aldehydes is 2. The van der Waals surface area contributed by atoms with E-state index >= 15 is 0 Å². The zero-order chi connectivity index (χ0) is 18.1. The number of hydrogen-bond acceptors (Lipinski definition) is 6. The molecule has 0 saturated heterocycles. The first-order chi connectivity index (χ1) is 12.1. The highest BCUT2D eigenvalue weighted by Crippen LogP contribution is 2.18. The fourth-order valence-electron chi connectivity index (χ4n) is 2.07. The molecule has 0 spiro atoms. The number of ether oxygens (including phenoxy) is 2. The van der Waals surface area contributed by atoms with E-state index in [1.54, 1.807) is 24.3 Å². The Morgan fingerprint density at radius 2 is 1.12 bits per heavy atom. The Bertz CT molecular complexity index is 715. The molecule has 0 aliphatic rings. The molecule has 0 unspecified atom stereocenters. The lowest BCUT2D eigenvalue weighted by Gasteiger charge is -2.07. The van der Waals surface area contributed by atoms with Gasteiger partial charge in [-0.2, -0.15) is 0 Å². The molecule has 0 aliphatic heterocycles. The van der Waals surface area contributed by atoms with Gasteiger partial charge in [-0.15, -0.1) is 0 Å². The van der Waals surface area contributed by atoms with Crippen LogP contribution in [0.1, 0.15) is 40.0 Å². The van der Waals surface area contributed by atoms with Crippen LogP contribution in [0.5, 0.6) is 11.5 Å².